The third-order valence-corrected chi connectivity index (χ3v) is 5.68. The monoisotopic (exact) mass is 444 g/mol. The predicted octanol–water partition coefficient (Wildman–Crippen LogP) is 3.11. The Morgan fingerprint density at radius 3 is 2.44 bits per heavy atom. The topological polar surface area (TPSA) is 84.0 Å². The van der Waals surface area contributed by atoms with E-state index >= 15 is 0 Å². The summed E-state index contributed by atoms with van der Waals surface area (Å²) < 4.78 is 5.07. The third-order valence-electron chi connectivity index (χ3n) is 5.68. The van der Waals surface area contributed by atoms with Crippen LogP contribution in [0.15, 0.2) is 24.3 Å². The molecular weight excluding hydrogens is 408 g/mol. The number of rotatable bonds is 10. The normalized spacial score (nSPS) is 16.0. The van der Waals surface area contributed by atoms with Crippen molar-refractivity contribution >= 4 is 23.6 Å². The summed E-state index contributed by atoms with van der Waals surface area (Å²) in [7, 11) is 1.57. The van der Waals surface area contributed by atoms with Crippen LogP contribution in [0.4, 0.5) is 0 Å². The summed E-state index contributed by atoms with van der Waals surface area (Å²) in [6, 6.07) is 7.55. The van der Waals surface area contributed by atoms with E-state index < -0.39 is 0 Å². The first-order valence-electron chi connectivity index (χ1n) is 11.5. The van der Waals surface area contributed by atoms with Gasteiger partial charge >= 0.3 is 5.97 Å². The molecular formula is C25H36N2O5. The maximum atomic E-state index is 12.6. The highest BCUT2D eigenvalue weighted by Crippen LogP contribution is 2.18. The molecule has 1 aliphatic rings. The van der Waals surface area contributed by atoms with Crippen LogP contribution >= 0.6 is 0 Å². The highest BCUT2D eigenvalue weighted by Gasteiger charge is 2.30. The highest BCUT2D eigenvalue weighted by atomic mass is 16.5. The molecule has 0 aromatic heterocycles. The van der Waals surface area contributed by atoms with Crippen LogP contribution in [0.3, 0.4) is 0 Å². The van der Waals surface area contributed by atoms with Crippen molar-refractivity contribution in [3.05, 3.63) is 35.4 Å². The van der Waals surface area contributed by atoms with Crippen LogP contribution in [-0.4, -0.2) is 66.7 Å². The summed E-state index contributed by atoms with van der Waals surface area (Å²) in [4.78, 5) is 52.5. The number of hydrogen-bond donors (Lipinski definition) is 0. The third kappa shape index (κ3) is 7.77. The van der Waals surface area contributed by atoms with E-state index in [1.54, 1.807) is 18.9 Å². The number of piperidine rings is 1. The van der Waals surface area contributed by atoms with Gasteiger partial charge in [-0.05, 0) is 37.7 Å². The number of carbonyl (C=O) groups is 4. The van der Waals surface area contributed by atoms with Gasteiger partial charge in [-0.25, -0.2) is 0 Å². The second kappa shape index (κ2) is 12.4. The van der Waals surface area contributed by atoms with Gasteiger partial charge < -0.3 is 14.5 Å². The summed E-state index contributed by atoms with van der Waals surface area (Å²) >= 11 is 0. The Labute approximate surface area is 191 Å². The number of amides is 2. The number of carbonyl (C=O) groups excluding carboxylic acids is 4. The average Bonchev–Trinajstić information content (AvgIpc) is 2.77. The number of benzene rings is 1. The Bertz CT molecular complexity index is 803. The van der Waals surface area contributed by atoms with Crippen LogP contribution < -0.4 is 0 Å². The second-order valence-corrected chi connectivity index (χ2v) is 8.90. The molecule has 1 heterocycles. The summed E-state index contributed by atoms with van der Waals surface area (Å²) in [5, 5.41) is 0. The van der Waals surface area contributed by atoms with E-state index in [1.165, 1.54) is 10.5 Å². The van der Waals surface area contributed by atoms with Gasteiger partial charge in [0.1, 0.15) is 0 Å². The minimum atomic E-state index is -0.307. The minimum Gasteiger partial charge on any atom is -0.466 e. The molecule has 1 atom stereocenters. The van der Waals surface area contributed by atoms with Gasteiger partial charge in [-0.2, -0.15) is 0 Å². The van der Waals surface area contributed by atoms with Crippen molar-refractivity contribution in [2.45, 2.75) is 52.9 Å². The maximum Gasteiger partial charge on any atom is 0.310 e. The zero-order valence-electron chi connectivity index (χ0n) is 19.8. The van der Waals surface area contributed by atoms with Gasteiger partial charge in [-0.3, -0.25) is 19.2 Å². The summed E-state index contributed by atoms with van der Waals surface area (Å²) in [6.07, 6.45) is 2.57. The van der Waals surface area contributed by atoms with Crippen molar-refractivity contribution in [2.75, 3.05) is 33.3 Å². The van der Waals surface area contributed by atoms with Gasteiger partial charge in [0.25, 0.3) is 0 Å². The fourth-order valence-corrected chi connectivity index (χ4v) is 3.90. The van der Waals surface area contributed by atoms with Gasteiger partial charge in [-0.15, -0.1) is 0 Å². The lowest BCUT2D eigenvalue weighted by Gasteiger charge is -2.32. The van der Waals surface area contributed by atoms with E-state index in [0.717, 1.165) is 12.8 Å². The van der Waals surface area contributed by atoms with Crippen molar-refractivity contribution in [3.63, 3.8) is 0 Å². The molecule has 1 saturated heterocycles. The highest BCUT2D eigenvalue weighted by molar-refractivity contribution is 5.98. The minimum absolute atomic E-state index is 0.0574. The molecule has 2 rings (SSSR count). The van der Waals surface area contributed by atoms with Crippen LogP contribution in [0, 0.1) is 11.8 Å². The lowest BCUT2D eigenvalue weighted by atomic mass is 9.98. The van der Waals surface area contributed by atoms with Gasteiger partial charge in [0.05, 0.1) is 19.1 Å². The van der Waals surface area contributed by atoms with E-state index in [0.29, 0.717) is 37.6 Å². The quantitative estimate of drug-likeness (QED) is 0.409. The molecule has 1 fully saturated rings. The number of nitrogens with zero attached hydrogens (tertiary/aromatic N) is 2. The largest absolute Gasteiger partial charge is 0.466 e. The smallest absolute Gasteiger partial charge is 0.310 e. The molecule has 1 aromatic rings. The number of likely N-dealkylation sites (N-methyl/N-ethyl adjacent to an activating group) is 1. The van der Waals surface area contributed by atoms with Gasteiger partial charge in [0.15, 0.2) is 5.78 Å². The SMILES string of the molecule is CCOC(=O)C1CCCN(C(=O)CN(C)C(=O)CCC(=O)c2ccc(CC(C)C)cc2)C1. The van der Waals surface area contributed by atoms with E-state index in [2.05, 4.69) is 13.8 Å². The number of ether oxygens (including phenoxy) is 1. The van der Waals surface area contributed by atoms with Crippen LogP contribution in [0.5, 0.6) is 0 Å². The number of hydrogen-bond acceptors (Lipinski definition) is 5. The molecule has 0 N–H and O–H groups in total. The van der Waals surface area contributed by atoms with E-state index in [1.807, 2.05) is 24.3 Å². The Morgan fingerprint density at radius 1 is 1.12 bits per heavy atom. The number of Topliss-reactive ketones (excluding diaryl/α,β-unsaturated/α-hetero) is 1. The van der Waals surface area contributed by atoms with Crippen molar-refractivity contribution < 1.29 is 23.9 Å². The Balaban J connectivity index is 1.80. The molecule has 32 heavy (non-hydrogen) atoms. The van der Waals surface area contributed by atoms with Crippen LogP contribution in [0.2, 0.25) is 0 Å². The first-order chi connectivity index (χ1) is 15.2. The molecule has 0 saturated carbocycles. The maximum absolute atomic E-state index is 12.6. The van der Waals surface area contributed by atoms with E-state index in [9.17, 15) is 19.2 Å². The lowest BCUT2D eigenvalue weighted by Crippen LogP contribution is -2.47. The first kappa shape index (κ1) is 25.6. The Hall–Kier alpha value is -2.70. The van der Waals surface area contributed by atoms with Gasteiger partial charge in [-0.1, -0.05) is 38.1 Å². The summed E-state index contributed by atoms with van der Waals surface area (Å²) in [5.41, 5.74) is 1.79. The van der Waals surface area contributed by atoms with Crippen LogP contribution in [-0.2, 0) is 25.5 Å². The summed E-state index contributed by atoms with van der Waals surface area (Å²) in [5.74, 6) is -0.553. The summed E-state index contributed by atoms with van der Waals surface area (Å²) in [6.45, 7) is 7.21. The number of likely N-dealkylation sites (tertiary alicyclic amines) is 1. The zero-order chi connectivity index (χ0) is 23.7. The van der Waals surface area contributed by atoms with Crippen molar-refractivity contribution in [1.82, 2.24) is 9.80 Å². The van der Waals surface area contributed by atoms with Crippen LogP contribution in [0.1, 0.15) is 62.4 Å². The molecule has 0 spiro atoms. The lowest BCUT2D eigenvalue weighted by molar-refractivity contribution is -0.152. The Kier molecular flexibility index (Phi) is 9.88. The standard InChI is InChI=1S/C25H36N2O5/c1-5-32-25(31)21-7-6-14-27(16-21)24(30)17-26(4)23(29)13-12-22(28)20-10-8-19(9-11-20)15-18(2)3/h8-11,18,21H,5-7,12-17H2,1-4H3. The van der Waals surface area contributed by atoms with Crippen molar-refractivity contribution in [2.24, 2.45) is 11.8 Å². The molecule has 1 aromatic carbocycles. The first-order valence-corrected chi connectivity index (χ1v) is 11.5. The van der Waals surface area contributed by atoms with Crippen molar-refractivity contribution in [3.8, 4) is 0 Å². The molecule has 0 aliphatic carbocycles. The average molecular weight is 445 g/mol. The van der Waals surface area contributed by atoms with Crippen LogP contribution in [0.25, 0.3) is 0 Å². The molecule has 2 amide bonds. The Morgan fingerprint density at radius 2 is 1.81 bits per heavy atom. The molecule has 0 bridgehead atoms. The van der Waals surface area contributed by atoms with Gasteiger partial charge in [0, 0.05) is 38.5 Å². The van der Waals surface area contributed by atoms with Crippen molar-refractivity contribution in [1.29, 1.82) is 0 Å². The number of esters is 1. The molecule has 176 valence electrons. The second-order valence-electron chi connectivity index (χ2n) is 8.90. The zero-order valence-corrected chi connectivity index (χ0v) is 19.8. The fraction of sp³-hybridized carbons (Fsp3) is 0.600. The number of ketones is 1. The molecule has 7 nitrogen and oxygen atoms in total. The molecule has 1 unspecified atom stereocenters. The molecule has 7 heteroatoms. The van der Waals surface area contributed by atoms with E-state index in [-0.39, 0.29) is 48.9 Å². The van der Waals surface area contributed by atoms with E-state index in [4.69, 9.17) is 4.74 Å². The molecule has 0 radical (unpaired) electrons. The predicted molar refractivity (Wildman–Crippen MR) is 122 cm³/mol. The molecule has 1 aliphatic heterocycles. The van der Waals surface area contributed by atoms with Gasteiger partial charge in [0.2, 0.25) is 11.8 Å². The fourth-order valence-electron chi connectivity index (χ4n) is 3.90.